The van der Waals surface area contributed by atoms with Crippen molar-refractivity contribution in [2.75, 3.05) is 19.5 Å². The van der Waals surface area contributed by atoms with E-state index in [1.54, 1.807) is 12.1 Å². The Morgan fingerprint density at radius 2 is 1.93 bits per heavy atom. The number of benzene rings is 2. The van der Waals surface area contributed by atoms with E-state index in [2.05, 4.69) is 5.32 Å². The first-order valence-electron chi connectivity index (χ1n) is 8.20. The number of carbonyl (C=O) groups is 2. The number of hydrogen-bond acceptors (Lipinski definition) is 5. The minimum atomic E-state index is -1.07. The summed E-state index contributed by atoms with van der Waals surface area (Å²) >= 11 is 6.11. The van der Waals surface area contributed by atoms with Gasteiger partial charge < -0.3 is 19.5 Å². The van der Waals surface area contributed by atoms with E-state index >= 15 is 0 Å². The SMILES string of the molecule is COc1cc(/C=C/C(=O)O[C@H](C)C(=O)Nc2cccc(F)c2)cc(Cl)c1OC. The number of ether oxygens (including phenoxy) is 3. The first-order valence-corrected chi connectivity index (χ1v) is 8.58. The van der Waals surface area contributed by atoms with Gasteiger partial charge in [0.2, 0.25) is 0 Å². The molecule has 0 unspecified atom stereocenters. The van der Waals surface area contributed by atoms with Crippen molar-refractivity contribution in [2.24, 2.45) is 0 Å². The van der Waals surface area contributed by atoms with E-state index in [0.717, 1.165) is 12.1 Å². The number of hydrogen-bond donors (Lipinski definition) is 1. The van der Waals surface area contributed by atoms with Crippen molar-refractivity contribution < 1.29 is 28.2 Å². The van der Waals surface area contributed by atoms with E-state index in [-0.39, 0.29) is 5.69 Å². The van der Waals surface area contributed by atoms with Crippen molar-refractivity contribution in [2.45, 2.75) is 13.0 Å². The molecule has 1 amide bonds. The zero-order valence-corrected chi connectivity index (χ0v) is 16.2. The third-order valence-electron chi connectivity index (χ3n) is 3.62. The van der Waals surface area contributed by atoms with Gasteiger partial charge in [0.1, 0.15) is 5.82 Å². The quantitative estimate of drug-likeness (QED) is 0.553. The van der Waals surface area contributed by atoms with E-state index in [1.807, 2.05) is 0 Å². The van der Waals surface area contributed by atoms with Crippen molar-refractivity contribution in [3.63, 3.8) is 0 Å². The first kappa shape index (κ1) is 21.2. The Kier molecular flexibility index (Phi) is 7.40. The molecule has 0 aromatic heterocycles. The summed E-state index contributed by atoms with van der Waals surface area (Å²) in [6.45, 7) is 1.41. The largest absolute Gasteiger partial charge is 0.493 e. The third-order valence-corrected chi connectivity index (χ3v) is 3.90. The molecule has 0 aliphatic rings. The van der Waals surface area contributed by atoms with E-state index in [0.29, 0.717) is 22.1 Å². The lowest BCUT2D eigenvalue weighted by Gasteiger charge is -2.12. The van der Waals surface area contributed by atoms with Crippen molar-refractivity contribution in [1.82, 2.24) is 0 Å². The number of carbonyl (C=O) groups excluding carboxylic acids is 2. The van der Waals surface area contributed by atoms with Gasteiger partial charge in [0, 0.05) is 11.8 Å². The summed E-state index contributed by atoms with van der Waals surface area (Å²) in [7, 11) is 2.93. The summed E-state index contributed by atoms with van der Waals surface area (Å²) in [4.78, 5) is 24.0. The van der Waals surface area contributed by atoms with Gasteiger partial charge in [-0.2, -0.15) is 0 Å². The Labute approximate surface area is 166 Å². The molecule has 0 bridgehead atoms. The number of halogens is 2. The fourth-order valence-corrected chi connectivity index (χ4v) is 2.57. The van der Waals surface area contributed by atoms with Crippen LogP contribution in [0.2, 0.25) is 5.02 Å². The van der Waals surface area contributed by atoms with Gasteiger partial charge >= 0.3 is 5.97 Å². The van der Waals surface area contributed by atoms with Gasteiger partial charge in [-0.05, 0) is 48.9 Å². The molecule has 28 heavy (non-hydrogen) atoms. The summed E-state index contributed by atoms with van der Waals surface area (Å²) < 4.78 is 28.5. The predicted molar refractivity (Wildman–Crippen MR) is 104 cm³/mol. The number of rotatable bonds is 7. The van der Waals surface area contributed by atoms with Gasteiger partial charge in [0.15, 0.2) is 17.6 Å². The number of nitrogens with one attached hydrogen (secondary N) is 1. The maximum atomic E-state index is 13.1. The molecule has 0 fully saturated rings. The van der Waals surface area contributed by atoms with Gasteiger partial charge in [-0.15, -0.1) is 0 Å². The van der Waals surface area contributed by atoms with Crippen LogP contribution in [-0.2, 0) is 14.3 Å². The fraction of sp³-hybridized carbons (Fsp3) is 0.200. The highest BCUT2D eigenvalue weighted by Crippen LogP contribution is 2.36. The van der Waals surface area contributed by atoms with Gasteiger partial charge in [-0.3, -0.25) is 4.79 Å². The molecule has 2 aromatic rings. The van der Waals surface area contributed by atoms with Crippen LogP contribution < -0.4 is 14.8 Å². The van der Waals surface area contributed by atoms with Crippen LogP contribution in [0, 0.1) is 5.82 Å². The zero-order chi connectivity index (χ0) is 20.7. The summed E-state index contributed by atoms with van der Waals surface area (Å²) in [5.74, 6) is -1.01. The van der Waals surface area contributed by atoms with Crippen LogP contribution in [0.15, 0.2) is 42.5 Å². The molecule has 0 saturated carbocycles. The van der Waals surface area contributed by atoms with E-state index in [4.69, 9.17) is 25.8 Å². The molecule has 1 atom stereocenters. The molecule has 0 saturated heterocycles. The van der Waals surface area contributed by atoms with Crippen LogP contribution >= 0.6 is 11.6 Å². The van der Waals surface area contributed by atoms with E-state index in [9.17, 15) is 14.0 Å². The van der Waals surface area contributed by atoms with Crippen molar-refractivity contribution in [3.8, 4) is 11.5 Å². The second kappa shape index (κ2) is 9.75. The fourth-order valence-electron chi connectivity index (χ4n) is 2.28. The number of esters is 1. The zero-order valence-electron chi connectivity index (χ0n) is 15.5. The summed E-state index contributed by atoms with van der Waals surface area (Å²) in [6, 6.07) is 8.62. The van der Waals surface area contributed by atoms with Crippen LogP contribution in [0.4, 0.5) is 10.1 Å². The molecule has 8 heteroatoms. The molecular formula is C20H19ClFNO5. The van der Waals surface area contributed by atoms with E-state index < -0.39 is 23.8 Å². The second-order valence-electron chi connectivity index (χ2n) is 5.65. The van der Waals surface area contributed by atoms with Crippen LogP contribution in [0.1, 0.15) is 12.5 Å². The third kappa shape index (κ3) is 5.72. The molecule has 0 spiro atoms. The highest BCUT2D eigenvalue weighted by molar-refractivity contribution is 6.32. The molecule has 0 radical (unpaired) electrons. The Balaban J connectivity index is 1.99. The molecule has 0 aliphatic carbocycles. The van der Waals surface area contributed by atoms with Gasteiger partial charge in [-0.1, -0.05) is 17.7 Å². The maximum absolute atomic E-state index is 13.1. The molecule has 1 N–H and O–H groups in total. The average molecular weight is 408 g/mol. The van der Waals surface area contributed by atoms with E-state index in [1.165, 1.54) is 45.4 Å². The van der Waals surface area contributed by atoms with Crippen molar-refractivity contribution >= 4 is 35.2 Å². The lowest BCUT2D eigenvalue weighted by Crippen LogP contribution is -2.29. The highest BCUT2D eigenvalue weighted by atomic mass is 35.5. The van der Waals surface area contributed by atoms with Crippen molar-refractivity contribution in [3.05, 3.63) is 58.9 Å². The number of amides is 1. The normalized spacial score (nSPS) is 11.8. The van der Waals surface area contributed by atoms with Crippen LogP contribution in [0.3, 0.4) is 0 Å². The standard InChI is InChI=1S/C20H19ClFNO5/c1-12(20(25)23-15-6-4-5-14(22)11-15)28-18(24)8-7-13-9-16(21)19(27-3)17(10-13)26-2/h4-12H,1-3H3,(H,23,25)/b8-7+/t12-/m1/s1. The summed E-state index contributed by atoms with van der Waals surface area (Å²) in [5.41, 5.74) is 0.847. The Morgan fingerprint density at radius 1 is 1.18 bits per heavy atom. The molecule has 2 aromatic carbocycles. The Hall–Kier alpha value is -3.06. The number of methoxy groups -OCH3 is 2. The topological polar surface area (TPSA) is 73.9 Å². The molecular weight excluding hydrogens is 389 g/mol. The molecule has 148 valence electrons. The Morgan fingerprint density at radius 3 is 2.57 bits per heavy atom. The van der Waals surface area contributed by atoms with Gasteiger partial charge in [0.25, 0.3) is 5.91 Å². The lowest BCUT2D eigenvalue weighted by molar-refractivity contribution is -0.148. The maximum Gasteiger partial charge on any atom is 0.331 e. The molecule has 0 heterocycles. The van der Waals surface area contributed by atoms with Crippen LogP contribution in [0.5, 0.6) is 11.5 Å². The Bertz CT molecular complexity index is 900. The van der Waals surface area contributed by atoms with Gasteiger partial charge in [0.05, 0.1) is 19.2 Å². The van der Waals surface area contributed by atoms with Crippen LogP contribution in [0.25, 0.3) is 6.08 Å². The predicted octanol–water partition coefficient (Wildman–Crippen LogP) is 4.08. The van der Waals surface area contributed by atoms with Crippen molar-refractivity contribution in [1.29, 1.82) is 0 Å². The number of anilines is 1. The smallest absolute Gasteiger partial charge is 0.331 e. The summed E-state index contributed by atoms with van der Waals surface area (Å²) in [6.07, 6.45) is 1.55. The van der Waals surface area contributed by atoms with Gasteiger partial charge in [-0.25, -0.2) is 9.18 Å². The monoisotopic (exact) mass is 407 g/mol. The lowest BCUT2D eigenvalue weighted by atomic mass is 10.2. The first-order chi connectivity index (χ1) is 13.3. The molecule has 2 rings (SSSR count). The molecule has 6 nitrogen and oxygen atoms in total. The van der Waals surface area contributed by atoms with Crippen LogP contribution in [-0.4, -0.2) is 32.2 Å². The highest BCUT2D eigenvalue weighted by Gasteiger charge is 2.17. The minimum absolute atomic E-state index is 0.267. The minimum Gasteiger partial charge on any atom is -0.493 e. The second-order valence-corrected chi connectivity index (χ2v) is 6.06. The average Bonchev–Trinajstić information content (AvgIpc) is 2.65. The molecule has 0 aliphatic heterocycles. The summed E-state index contributed by atoms with van der Waals surface area (Å²) in [5, 5.41) is 2.79.